The van der Waals surface area contributed by atoms with Gasteiger partial charge in [-0.25, -0.2) is 4.79 Å². The normalized spacial score (nSPS) is 10.4. The van der Waals surface area contributed by atoms with Gasteiger partial charge in [-0.1, -0.05) is 0 Å². The molecule has 5 nitrogen and oxygen atoms in total. The van der Waals surface area contributed by atoms with Crippen LogP contribution in [0.5, 0.6) is 5.75 Å². The highest BCUT2D eigenvalue weighted by Gasteiger charge is 2.09. The number of benzene rings is 1. The minimum absolute atomic E-state index is 0.0493. The molecule has 0 fully saturated rings. The maximum absolute atomic E-state index is 12.0. The maximum Gasteiger partial charge on any atom is 0.328 e. The van der Waals surface area contributed by atoms with Gasteiger partial charge in [0.25, 0.3) is 0 Å². The quantitative estimate of drug-likeness (QED) is 0.765. The molecular formula is C14H16N2O3. The van der Waals surface area contributed by atoms with E-state index < -0.39 is 0 Å². The van der Waals surface area contributed by atoms with E-state index in [0.717, 1.165) is 5.75 Å². The molecule has 1 aromatic carbocycles. The smallest absolute Gasteiger partial charge is 0.328 e. The standard InChI is InChI=1S/C14H16N2O3/c1-3-19-12-6-4-11(5-7-12)13(17)10-16-9-8-15(2)14(16)18/h4-9H,3,10H2,1-2H3. The predicted molar refractivity (Wildman–Crippen MR) is 71.6 cm³/mol. The van der Waals surface area contributed by atoms with E-state index >= 15 is 0 Å². The van der Waals surface area contributed by atoms with Gasteiger partial charge in [0.15, 0.2) is 5.78 Å². The summed E-state index contributed by atoms with van der Waals surface area (Å²) in [6.07, 6.45) is 3.24. The highest BCUT2D eigenvalue weighted by molar-refractivity contribution is 5.95. The molecule has 100 valence electrons. The summed E-state index contributed by atoms with van der Waals surface area (Å²) in [5.74, 6) is 0.632. The number of ether oxygens (including phenoxy) is 1. The van der Waals surface area contributed by atoms with Crippen LogP contribution < -0.4 is 10.4 Å². The van der Waals surface area contributed by atoms with Crippen LogP contribution in [0.2, 0.25) is 0 Å². The van der Waals surface area contributed by atoms with Crippen molar-refractivity contribution in [1.29, 1.82) is 0 Å². The van der Waals surface area contributed by atoms with E-state index in [2.05, 4.69) is 0 Å². The zero-order valence-electron chi connectivity index (χ0n) is 11.0. The van der Waals surface area contributed by atoms with Crippen molar-refractivity contribution in [2.45, 2.75) is 13.5 Å². The van der Waals surface area contributed by atoms with E-state index in [4.69, 9.17) is 4.74 Å². The van der Waals surface area contributed by atoms with Crippen LogP contribution in [-0.2, 0) is 13.6 Å². The summed E-state index contributed by atoms with van der Waals surface area (Å²) in [5.41, 5.74) is 0.374. The summed E-state index contributed by atoms with van der Waals surface area (Å²) < 4.78 is 8.14. The molecule has 0 aliphatic carbocycles. The van der Waals surface area contributed by atoms with Crippen molar-refractivity contribution in [3.05, 3.63) is 52.7 Å². The van der Waals surface area contributed by atoms with E-state index in [0.29, 0.717) is 12.2 Å². The average Bonchev–Trinajstić information content (AvgIpc) is 2.72. The Morgan fingerprint density at radius 1 is 1.21 bits per heavy atom. The van der Waals surface area contributed by atoms with Crippen molar-refractivity contribution in [2.24, 2.45) is 7.05 Å². The number of hydrogen-bond donors (Lipinski definition) is 0. The van der Waals surface area contributed by atoms with Crippen LogP contribution in [0.3, 0.4) is 0 Å². The molecule has 1 heterocycles. The van der Waals surface area contributed by atoms with Crippen molar-refractivity contribution in [1.82, 2.24) is 9.13 Å². The molecular weight excluding hydrogens is 244 g/mol. The van der Waals surface area contributed by atoms with Crippen LogP contribution in [0.4, 0.5) is 0 Å². The number of carbonyl (C=O) groups is 1. The SMILES string of the molecule is CCOc1ccc(C(=O)Cn2ccn(C)c2=O)cc1. The van der Waals surface area contributed by atoms with Gasteiger partial charge in [-0.2, -0.15) is 0 Å². The van der Waals surface area contributed by atoms with Gasteiger partial charge in [0.1, 0.15) is 5.75 Å². The molecule has 0 unspecified atom stereocenters. The number of rotatable bonds is 5. The number of imidazole rings is 1. The largest absolute Gasteiger partial charge is 0.494 e. The highest BCUT2D eigenvalue weighted by atomic mass is 16.5. The van der Waals surface area contributed by atoms with E-state index in [-0.39, 0.29) is 18.0 Å². The Kier molecular flexibility index (Phi) is 3.85. The maximum atomic E-state index is 12.0. The lowest BCUT2D eigenvalue weighted by Crippen LogP contribution is -2.25. The van der Waals surface area contributed by atoms with Crippen LogP contribution in [0.15, 0.2) is 41.5 Å². The Morgan fingerprint density at radius 2 is 1.89 bits per heavy atom. The van der Waals surface area contributed by atoms with Crippen LogP contribution in [0, 0.1) is 0 Å². The van der Waals surface area contributed by atoms with E-state index in [9.17, 15) is 9.59 Å². The lowest BCUT2D eigenvalue weighted by molar-refractivity contribution is 0.0970. The average molecular weight is 260 g/mol. The predicted octanol–water partition coefficient (Wildman–Crippen LogP) is 1.47. The first-order valence-electron chi connectivity index (χ1n) is 6.09. The fourth-order valence-corrected chi connectivity index (χ4v) is 1.78. The lowest BCUT2D eigenvalue weighted by Gasteiger charge is -2.04. The number of ketones is 1. The molecule has 0 bridgehead atoms. The minimum atomic E-state index is -0.195. The fourth-order valence-electron chi connectivity index (χ4n) is 1.78. The van der Waals surface area contributed by atoms with Gasteiger partial charge in [-0.15, -0.1) is 0 Å². The van der Waals surface area contributed by atoms with Crippen LogP contribution in [-0.4, -0.2) is 21.5 Å². The molecule has 0 saturated heterocycles. The van der Waals surface area contributed by atoms with E-state index in [1.807, 2.05) is 6.92 Å². The van der Waals surface area contributed by atoms with Crippen molar-refractivity contribution in [2.75, 3.05) is 6.61 Å². The van der Waals surface area contributed by atoms with Crippen molar-refractivity contribution < 1.29 is 9.53 Å². The monoisotopic (exact) mass is 260 g/mol. The van der Waals surface area contributed by atoms with E-state index in [1.165, 1.54) is 9.13 Å². The first-order valence-corrected chi connectivity index (χ1v) is 6.09. The molecule has 2 rings (SSSR count). The third-order valence-corrected chi connectivity index (χ3v) is 2.82. The number of Topliss-reactive ketones (excluding diaryl/α,β-unsaturated/α-hetero) is 1. The van der Waals surface area contributed by atoms with Crippen molar-refractivity contribution >= 4 is 5.78 Å². The summed E-state index contributed by atoms with van der Waals surface area (Å²) in [6, 6.07) is 6.93. The summed E-state index contributed by atoms with van der Waals surface area (Å²) in [6.45, 7) is 2.54. The third kappa shape index (κ3) is 2.93. The van der Waals surface area contributed by atoms with Gasteiger partial charge in [0.05, 0.1) is 13.2 Å². The number of hydrogen-bond acceptors (Lipinski definition) is 3. The van der Waals surface area contributed by atoms with Gasteiger partial charge in [0, 0.05) is 25.0 Å². The molecule has 5 heteroatoms. The molecule has 0 aliphatic heterocycles. The molecule has 0 radical (unpaired) electrons. The summed E-state index contributed by atoms with van der Waals surface area (Å²) >= 11 is 0. The van der Waals surface area contributed by atoms with Gasteiger partial charge >= 0.3 is 5.69 Å². The summed E-state index contributed by atoms with van der Waals surface area (Å²) in [4.78, 5) is 23.7. The first kappa shape index (κ1) is 13.1. The Hall–Kier alpha value is -2.30. The minimum Gasteiger partial charge on any atom is -0.494 e. The van der Waals surface area contributed by atoms with Crippen LogP contribution in [0.1, 0.15) is 17.3 Å². The molecule has 0 aliphatic rings. The van der Waals surface area contributed by atoms with Gasteiger partial charge < -0.3 is 9.30 Å². The number of aryl methyl sites for hydroxylation is 1. The number of nitrogens with zero attached hydrogens (tertiary/aromatic N) is 2. The Bertz CT molecular complexity index is 623. The molecule has 19 heavy (non-hydrogen) atoms. The topological polar surface area (TPSA) is 53.2 Å². The Labute approximate surface area is 111 Å². The fraction of sp³-hybridized carbons (Fsp3) is 0.286. The third-order valence-electron chi connectivity index (χ3n) is 2.82. The Balaban J connectivity index is 2.11. The summed E-state index contributed by atoms with van der Waals surface area (Å²) in [5, 5.41) is 0. The van der Waals surface area contributed by atoms with Gasteiger partial charge in [0.2, 0.25) is 0 Å². The number of carbonyl (C=O) groups excluding carboxylic acids is 1. The lowest BCUT2D eigenvalue weighted by atomic mass is 10.1. The van der Waals surface area contributed by atoms with Crippen molar-refractivity contribution in [3.63, 3.8) is 0 Å². The van der Waals surface area contributed by atoms with Crippen LogP contribution in [0.25, 0.3) is 0 Å². The zero-order valence-corrected chi connectivity index (χ0v) is 11.0. The zero-order chi connectivity index (χ0) is 13.8. The summed E-state index contributed by atoms with van der Waals surface area (Å²) in [7, 11) is 1.65. The second-order valence-electron chi connectivity index (χ2n) is 4.20. The van der Waals surface area contributed by atoms with E-state index in [1.54, 1.807) is 43.7 Å². The second-order valence-corrected chi connectivity index (χ2v) is 4.20. The molecule has 0 saturated carbocycles. The van der Waals surface area contributed by atoms with Gasteiger partial charge in [-0.05, 0) is 31.2 Å². The molecule has 1 aromatic heterocycles. The van der Waals surface area contributed by atoms with Gasteiger partial charge in [-0.3, -0.25) is 9.36 Å². The molecule has 0 spiro atoms. The molecule has 0 amide bonds. The Morgan fingerprint density at radius 3 is 2.42 bits per heavy atom. The highest BCUT2D eigenvalue weighted by Crippen LogP contribution is 2.12. The second kappa shape index (κ2) is 5.56. The first-order chi connectivity index (χ1) is 9.11. The molecule has 2 aromatic rings. The molecule has 0 atom stereocenters. The number of aromatic nitrogens is 2. The molecule has 0 N–H and O–H groups in total. The van der Waals surface area contributed by atoms with Crippen LogP contribution >= 0.6 is 0 Å². The van der Waals surface area contributed by atoms with Crippen molar-refractivity contribution in [3.8, 4) is 5.75 Å².